The molecule has 2 nitrogen and oxygen atoms in total. The molecule has 1 aromatic rings. The standard InChI is InChI=1S/C16H19Cl2NO/c1-3-19(4-2)16(20)13-7-5-6-12(13)11-8-9-14(17)15(18)10-11/h8-10H,3-7H2,1-2H3. The lowest BCUT2D eigenvalue weighted by molar-refractivity contribution is -0.126. The fraction of sp³-hybridized carbons (Fsp3) is 0.438. The minimum Gasteiger partial charge on any atom is -0.339 e. The third kappa shape index (κ3) is 3.02. The molecule has 1 aliphatic rings. The number of carbonyl (C=O) groups is 1. The Bertz CT molecular complexity index is 547. The Morgan fingerprint density at radius 1 is 1.15 bits per heavy atom. The van der Waals surface area contributed by atoms with Crippen LogP contribution < -0.4 is 0 Å². The summed E-state index contributed by atoms with van der Waals surface area (Å²) >= 11 is 12.0. The minimum absolute atomic E-state index is 0.161. The number of rotatable bonds is 4. The normalized spacial score (nSPS) is 14.8. The molecule has 20 heavy (non-hydrogen) atoms. The maximum Gasteiger partial charge on any atom is 0.250 e. The molecule has 0 N–H and O–H groups in total. The molecule has 1 aromatic carbocycles. The monoisotopic (exact) mass is 311 g/mol. The Balaban J connectivity index is 2.39. The van der Waals surface area contributed by atoms with Crippen molar-refractivity contribution in [1.82, 2.24) is 4.90 Å². The van der Waals surface area contributed by atoms with E-state index in [4.69, 9.17) is 23.2 Å². The van der Waals surface area contributed by atoms with Crippen LogP contribution >= 0.6 is 23.2 Å². The summed E-state index contributed by atoms with van der Waals surface area (Å²) in [5, 5.41) is 1.09. The highest BCUT2D eigenvalue weighted by atomic mass is 35.5. The largest absolute Gasteiger partial charge is 0.339 e. The molecule has 0 spiro atoms. The summed E-state index contributed by atoms with van der Waals surface area (Å²) in [5.41, 5.74) is 3.08. The highest BCUT2D eigenvalue weighted by Crippen LogP contribution is 2.37. The molecule has 0 aromatic heterocycles. The van der Waals surface area contributed by atoms with Gasteiger partial charge >= 0.3 is 0 Å². The van der Waals surface area contributed by atoms with Crippen LogP contribution in [-0.4, -0.2) is 23.9 Å². The Morgan fingerprint density at radius 3 is 2.45 bits per heavy atom. The van der Waals surface area contributed by atoms with E-state index in [1.807, 2.05) is 30.9 Å². The zero-order valence-electron chi connectivity index (χ0n) is 11.9. The number of allylic oxidation sites excluding steroid dienone is 1. The molecule has 4 heteroatoms. The molecule has 0 saturated heterocycles. The molecular weight excluding hydrogens is 293 g/mol. The summed E-state index contributed by atoms with van der Waals surface area (Å²) in [5.74, 6) is 0.161. The van der Waals surface area contributed by atoms with Crippen molar-refractivity contribution in [1.29, 1.82) is 0 Å². The van der Waals surface area contributed by atoms with Crippen molar-refractivity contribution in [2.45, 2.75) is 33.1 Å². The first-order valence-corrected chi connectivity index (χ1v) is 7.80. The number of benzene rings is 1. The van der Waals surface area contributed by atoms with Gasteiger partial charge in [-0.2, -0.15) is 0 Å². The predicted molar refractivity (Wildman–Crippen MR) is 85.2 cm³/mol. The molecular formula is C16H19Cl2NO. The van der Waals surface area contributed by atoms with Gasteiger partial charge in [0.2, 0.25) is 5.91 Å². The van der Waals surface area contributed by atoms with Crippen molar-refractivity contribution < 1.29 is 4.79 Å². The second-order valence-corrected chi connectivity index (χ2v) is 5.73. The van der Waals surface area contributed by atoms with E-state index in [0.29, 0.717) is 10.0 Å². The summed E-state index contributed by atoms with van der Waals surface area (Å²) in [6, 6.07) is 5.61. The molecule has 1 aliphatic carbocycles. The summed E-state index contributed by atoms with van der Waals surface area (Å²) in [6.45, 7) is 5.51. The van der Waals surface area contributed by atoms with Crippen LogP contribution in [0.2, 0.25) is 10.0 Å². The molecule has 0 bridgehead atoms. The van der Waals surface area contributed by atoms with Gasteiger partial charge in [-0.3, -0.25) is 4.79 Å². The first-order chi connectivity index (χ1) is 9.58. The number of carbonyl (C=O) groups excluding carboxylic acids is 1. The van der Waals surface area contributed by atoms with Crippen LogP contribution in [-0.2, 0) is 4.79 Å². The van der Waals surface area contributed by atoms with Gasteiger partial charge in [0.1, 0.15) is 0 Å². The van der Waals surface area contributed by atoms with E-state index in [1.54, 1.807) is 6.07 Å². The van der Waals surface area contributed by atoms with Gasteiger partial charge in [-0.1, -0.05) is 29.3 Å². The van der Waals surface area contributed by atoms with Gasteiger partial charge in [0.05, 0.1) is 10.0 Å². The summed E-state index contributed by atoms with van der Waals surface area (Å²) < 4.78 is 0. The Hall–Kier alpha value is -0.990. The molecule has 0 fully saturated rings. The topological polar surface area (TPSA) is 20.3 Å². The number of likely N-dealkylation sites (N-methyl/N-ethyl adjacent to an activating group) is 1. The number of halogens is 2. The van der Waals surface area contributed by atoms with E-state index in [-0.39, 0.29) is 5.91 Å². The zero-order chi connectivity index (χ0) is 14.7. The molecule has 0 atom stereocenters. The van der Waals surface area contributed by atoms with E-state index in [1.165, 1.54) is 0 Å². The third-order valence-corrected chi connectivity index (χ3v) is 4.53. The van der Waals surface area contributed by atoms with Gasteiger partial charge in [0, 0.05) is 18.7 Å². The fourth-order valence-corrected chi connectivity index (χ4v) is 2.98. The highest BCUT2D eigenvalue weighted by Gasteiger charge is 2.24. The smallest absolute Gasteiger partial charge is 0.250 e. The molecule has 2 rings (SSSR count). The van der Waals surface area contributed by atoms with Crippen LogP contribution in [0.5, 0.6) is 0 Å². The summed E-state index contributed by atoms with van der Waals surface area (Å²) in [7, 11) is 0. The molecule has 0 saturated carbocycles. The molecule has 0 aliphatic heterocycles. The lowest BCUT2D eigenvalue weighted by Gasteiger charge is -2.20. The van der Waals surface area contributed by atoms with Crippen LogP contribution in [0.3, 0.4) is 0 Å². The predicted octanol–water partition coefficient (Wildman–Crippen LogP) is 4.80. The van der Waals surface area contributed by atoms with E-state index >= 15 is 0 Å². The van der Waals surface area contributed by atoms with E-state index in [9.17, 15) is 4.79 Å². The van der Waals surface area contributed by atoms with E-state index in [0.717, 1.165) is 49.1 Å². The highest BCUT2D eigenvalue weighted by molar-refractivity contribution is 6.42. The fourth-order valence-electron chi connectivity index (χ4n) is 2.68. The lowest BCUT2D eigenvalue weighted by Crippen LogP contribution is -2.31. The number of hydrogen-bond donors (Lipinski definition) is 0. The Morgan fingerprint density at radius 2 is 1.85 bits per heavy atom. The quantitative estimate of drug-likeness (QED) is 0.782. The van der Waals surface area contributed by atoms with Crippen LogP contribution in [0.4, 0.5) is 0 Å². The third-order valence-electron chi connectivity index (χ3n) is 3.79. The van der Waals surface area contributed by atoms with Crippen molar-refractivity contribution in [3.63, 3.8) is 0 Å². The summed E-state index contributed by atoms with van der Waals surface area (Å²) in [6.07, 6.45) is 2.81. The maximum atomic E-state index is 12.6. The second-order valence-electron chi connectivity index (χ2n) is 4.92. The second kappa shape index (κ2) is 6.64. The molecule has 0 heterocycles. The molecule has 1 amide bonds. The van der Waals surface area contributed by atoms with Gasteiger partial charge in [0.25, 0.3) is 0 Å². The SMILES string of the molecule is CCN(CC)C(=O)C1=C(c2ccc(Cl)c(Cl)c2)CCC1. The lowest BCUT2D eigenvalue weighted by atomic mass is 10.0. The minimum atomic E-state index is 0.161. The first kappa shape index (κ1) is 15.4. The van der Waals surface area contributed by atoms with Gasteiger partial charge in [-0.15, -0.1) is 0 Å². The van der Waals surface area contributed by atoms with Crippen molar-refractivity contribution in [2.75, 3.05) is 13.1 Å². The van der Waals surface area contributed by atoms with Gasteiger partial charge in [0.15, 0.2) is 0 Å². The number of hydrogen-bond acceptors (Lipinski definition) is 1. The molecule has 0 unspecified atom stereocenters. The van der Waals surface area contributed by atoms with Crippen LogP contribution in [0.1, 0.15) is 38.7 Å². The Labute approximate surface area is 130 Å². The average Bonchev–Trinajstić information content (AvgIpc) is 2.92. The van der Waals surface area contributed by atoms with Crippen molar-refractivity contribution in [2.24, 2.45) is 0 Å². The van der Waals surface area contributed by atoms with E-state index < -0.39 is 0 Å². The van der Waals surface area contributed by atoms with Gasteiger partial charge < -0.3 is 4.90 Å². The van der Waals surface area contributed by atoms with Crippen LogP contribution in [0, 0.1) is 0 Å². The van der Waals surface area contributed by atoms with Crippen LogP contribution in [0.15, 0.2) is 23.8 Å². The van der Waals surface area contributed by atoms with Crippen molar-refractivity contribution >= 4 is 34.7 Å². The van der Waals surface area contributed by atoms with Gasteiger partial charge in [-0.05, 0) is 56.4 Å². The molecule has 108 valence electrons. The Kier molecular flexibility index (Phi) is 5.11. The number of amides is 1. The average molecular weight is 312 g/mol. The zero-order valence-corrected chi connectivity index (χ0v) is 13.4. The molecule has 0 radical (unpaired) electrons. The van der Waals surface area contributed by atoms with Crippen molar-refractivity contribution in [3.8, 4) is 0 Å². The van der Waals surface area contributed by atoms with E-state index in [2.05, 4.69) is 0 Å². The van der Waals surface area contributed by atoms with Crippen molar-refractivity contribution in [3.05, 3.63) is 39.4 Å². The summed E-state index contributed by atoms with van der Waals surface area (Å²) in [4.78, 5) is 14.4. The number of nitrogens with zero attached hydrogens (tertiary/aromatic N) is 1. The first-order valence-electron chi connectivity index (χ1n) is 7.05. The maximum absolute atomic E-state index is 12.6. The van der Waals surface area contributed by atoms with Gasteiger partial charge in [-0.25, -0.2) is 0 Å². The van der Waals surface area contributed by atoms with Crippen LogP contribution in [0.25, 0.3) is 5.57 Å².